The van der Waals surface area contributed by atoms with Crippen LogP contribution in [0.2, 0.25) is 0 Å². The standard InChI is InChI=1S/C19H21BrN2O4.C7H5BrO2/c1-4-25-17(23)15-14(22)8-11-6-7-12(20)9-13(11)16(15)19(3,10-21)18(24)26-5-2;8-6-1-2-7(10)5(3-6)4-9/h6-7,9,16H,4-5,8,22H2,1-3H3;1-4,10H. The number of halogens is 2. The molecule has 0 bridgehead atoms. The number of ether oxygens (including phenoxy) is 2. The average Bonchev–Trinajstić information content (AvgIpc) is 2.85. The highest BCUT2D eigenvalue weighted by Gasteiger charge is 2.50. The molecule has 0 heterocycles. The highest BCUT2D eigenvalue weighted by Crippen LogP contribution is 2.47. The van der Waals surface area contributed by atoms with E-state index in [1.807, 2.05) is 12.1 Å². The largest absolute Gasteiger partial charge is 0.507 e. The molecule has 2 atom stereocenters. The van der Waals surface area contributed by atoms with Crippen LogP contribution in [-0.4, -0.2) is 36.5 Å². The molecule has 0 aliphatic heterocycles. The fourth-order valence-electron chi connectivity index (χ4n) is 3.82. The van der Waals surface area contributed by atoms with Crippen molar-refractivity contribution < 1.29 is 29.0 Å². The molecule has 0 radical (unpaired) electrons. The number of carbonyl (C=O) groups excluding carboxylic acids is 3. The lowest BCUT2D eigenvalue weighted by Gasteiger charge is -2.36. The van der Waals surface area contributed by atoms with Gasteiger partial charge in [-0.15, -0.1) is 0 Å². The SMILES string of the molecule is CCOC(=O)C1=C(N)Cc2ccc(Br)cc2C1C(C)(C#N)C(=O)OCC.O=Cc1cc(Br)ccc1O. The van der Waals surface area contributed by atoms with E-state index < -0.39 is 23.3 Å². The predicted octanol–water partition coefficient (Wildman–Crippen LogP) is 4.92. The van der Waals surface area contributed by atoms with Crippen molar-refractivity contribution in [3.05, 3.63) is 73.3 Å². The van der Waals surface area contributed by atoms with E-state index in [2.05, 4.69) is 37.9 Å². The van der Waals surface area contributed by atoms with Gasteiger partial charge < -0.3 is 20.3 Å². The first-order valence-electron chi connectivity index (χ1n) is 11.0. The molecule has 2 aromatic rings. The second kappa shape index (κ2) is 12.7. The Morgan fingerprint density at radius 1 is 1.17 bits per heavy atom. The van der Waals surface area contributed by atoms with Crippen molar-refractivity contribution >= 4 is 50.1 Å². The number of allylic oxidation sites excluding steroid dienone is 1. The fraction of sp³-hybridized carbons (Fsp3) is 0.308. The van der Waals surface area contributed by atoms with Gasteiger partial charge in [-0.2, -0.15) is 5.26 Å². The van der Waals surface area contributed by atoms with Crippen molar-refractivity contribution in [2.75, 3.05) is 13.2 Å². The van der Waals surface area contributed by atoms with Gasteiger partial charge in [0.25, 0.3) is 0 Å². The van der Waals surface area contributed by atoms with E-state index in [9.17, 15) is 19.6 Å². The van der Waals surface area contributed by atoms with E-state index >= 15 is 0 Å². The number of rotatable bonds is 6. The van der Waals surface area contributed by atoms with Crippen LogP contribution in [0.3, 0.4) is 0 Å². The topological polar surface area (TPSA) is 140 Å². The minimum atomic E-state index is -1.63. The zero-order valence-corrected chi connectivity index (χ0v) is 23.2. The second-order valence-corrected chi connectivity index (χ2v) is 9.80. The van der Waals surface area contributed by atoms with Gasteiger partial charge in [-0.3, -0.25) is 9.59 Å². The van der Waals surface area contributed by atoms with Crippen LogP contribution in [0.25, 0.3) is 0 Å². The third kappa shape index (κ3) is 6.33. The molecular formula is C26H26Br2N2O6. The molecule has 2 aromatic carbocycles. The van der Waals surface area contributed by atoms with Crippen LogP contribution in [0, 0.1) is 16.7 Å². The number of nitriles is 1. The van der Waals surface area contributed by atoms with Gasteiger partial charge >= 0.3 is 11.9 Å². The molecule has 0 saturated heterocycles. The summed E-state index contributed by atoms with van der Waals surface area (Å²) in [4.78, 5) is 35.5. The Hall–Kier alpha value is -3.16. The summed E-state index contributed by atoms with van der Waals surface area (Å²) in [7, 11) is 0. The Morgan fingerprint density at radius 3 is 2.33 bits per heavy atom. The average molecular weight is 622 g/mol. The third-order valence-corrected chi connectivity index (χ3v) is 6.54. The van der Waals surface area contributed by atoms with Crippen molar-refractivity contribution in [2.24, 2.45) is 11.1 Å². The molecule has 2 unspecified atom stereocenters. The summed E-state index contributed by atoms with van der Waals surface area (Å²) in [6, 6.07) is 12.3. The maximum atomic E-state index is 12.7. The van der Waals surface area contributed by atoms with E-state index in [0.29, 0.717) is 29.5 Å². The zero-order valence-electron chi connectivity index (χ0n) is 20.0. The summed E-state index contributed by atoms with van der Waals surface area (Å²) in [6.07, 6.45) is 0.956. The molecule has 0 aromatic heterocycles. The lowest BCUT2D eigenvalue weighted by Crippen LogP contribution is -2.41. The van der Waals surface area contributed by atoms with Gasteiger partial charge in [-0.25, -0.2) is 4.79 Å². The van der Waals surface area contributed by atoms with Crippen molar-refractivity contribution in [3.63, 3.8) is 0 Å². The Balaban J connectivity index is 0.000000380. The van der Waals surface area contributed by atoms with Gasteiger partial charge in [0.1, 0.15) is 5.75 Å². The van der Waals surface area contributed by atoms with E-state index in [1.165, 1.54) is 13.0 Å². The second-order valence-electron chi connectivity index (χ2n) is 7.97. The molecule has 36 heavy (non-hydrogen) atoms. The molecule has 0 fully saturated rings. The highest BCUT2D eigenvalue weighted by atomic mass is 79.9. The molecule has 1 aliphatic carbocycles. The number of nitrogens with zero attached hydrogens (tertiary/aromatic N) is 1. The van der Waals surface area contributed by atoms with Crippen LogP contribution < -0.4 is 5.73 Å². The number of phenolic OH excluding ortho intramolecular Hbond substituents is 1. The van der Waals surface area contributed by atoms with E-state index in [-0.39, 0.29) is 24.5 Å². The maximum Gasteiger partial charge on any atom is 0.336 e. The fourth-order valence-corrected chi connectivity index (χ4v) is 4.58. The van der Waals surface area contributed by atoms with Crippen LogP contribution in [0.4, 0.5) is 0 Å². The number of aldehydes is 1. The van der Waals surface area contributed by atoms with E-state index in [0.717, 1.165) is 14.5 Å². The molecule has 8 nitrogen and oxygen atoms in total. The van der Waals surface area contributed by atoms with Crippen LogP contribution in [0.15, 0.2) is 56.6 Å². The normalized spacial score (nSPS) is 15.8. The van der Waals surface area contributed by atoms with Gasteiger partial charge in [0.15, 0.2) is 11.7 Å². The smallest absolute Gasteiger partial charge is 0.336 e. The van der Waals surface area contributed by atoms with Gasteiger partial charge in [0.05, 0.1) is 30.4 Å². The van der Waals surface area contributed by atoms with Crippen molar-refractivity contribution in [1.82, 2.24) is 0 Å². The zero-order chi connectivity index (χ0) is 27.0. The number of phenols is 1. The molecular weight excluding hydrogens is 596 g/mol. The highest BCUT2D eigenvalue weighted by molar-refractivity contribution is 9.10. The minimum Gasteiger partial charge on any atom is -0.507 e. The van der Waals surface area contributed by atoms with E-state index in [1.54, 1.807) is 32.0 Å². The number of aromatic hydroxyl groups is 1. The predicted molar refractivity (Wildman–Crippen MR) is 140 cm³/mol. The third-order valence-electron chi connectivity index (χ3n) is 5.56. The number of esters is 2. The van der Waals surface area contributed by atoms with Gasteiger partial charge in [-0.05, 0) is 62.2 Å². The summed E-state index contributed by atoms with van der Waals surface area (Å²) in [5.41, 5.74) is 6.85. The molecule has 3 rings (SSSR count). The molecule has 3 N–H and O–H groups in total. The molecule has 10 heteroatoms. The first-order chi connectivity index (χ1) is 17.0. The number of nitrogens with two attached hydrogens (primary N) is 1. The monoisotopic (exact) mass is 620 g/mol. The van der Waals surface area contributed by atoms with Crippen molar-refractivity contribution in [1.29, 1.82) is 5.26 Å². The molecule has 190 valence electrons. The molecule has 1 aliphatic rings. The first kappa shape index (κ1) is 29.1. The number of benzene rings is 2. The minimum absolute atomic E-state index is 0.0122. The molecule has 0 saturated carbocycles. The van der Waals surface area contributed by atoms with Crippen molar-refractivity contribution in [3.8, 4) is 11.8 Å². The number of hydrogen-bond acceptors (Lipinski definition) is 8. The van der Waals surface area contributed by atoms with Gasteiger partial charge in [0, 0.05) is 27.0 Å². The Kier molecular flexibility index (Phi) is 10.3. The first-order valence-corrected chi connectivity index (χ1v) is 12.6. The Labute approximate surface area is 226 Å². The van der Waals surface area contributed by atoms with Crippen LogP contribution in [-0.2, 0) is 25.5 Å². The molecule has 0 amide bonds. The van der Waals surface area contributed by atoms with Gasteiger partial charge in [0.2, 0.25) is 0 Å². The summed E-state index contributed by atoms with van der Waals surface area (Å²) < 4.78 is 11.8. The number of fused-ring (bicyclic) bond motifs is 1. The van der Waals surface area contributed by atoms with Crippen LogP contribution in [0.1, 0.15) is 48.2 Å². The van der Waals surface area contributed by atoms with Gasteiger partial charge in [-0.1, -0.05) is 37.9 Å². The van der Waals surface area contributed by atoms with Crippen molar-refractivity contribution in [2.45, 2.75) is 33.1 Å². The quantitative estimate of drug-likeness (QED) is 0.342. The molecule has 0 spiro atoms. The lowest BCUT2D eigenvalue weighted by molar-refractivity contribution is -0.152. The van der Waals surface area contributed by atoms with Crippen LogP contribution in [0.5, 0.6) is 5.75 Å². The van der Waals surface area contributed by atoms with E-state index in [4.69, 9.17) is 20.3 Å². The summed E-state index contributed by atoms with van der Waals surface area (Å²) in [6.45, 7) is 5.11. The van der Waals surface area contributed by atoms with Crippen LogP contribution >= 0.6 is 31.9 Å². The number of carbonyl (C=O) groups is 3. The summed E-state index contributed by atoms with van der Waals surface area (Å²) in [5.74, 6) is -2.19. The lowest BCUT2D eigenvalue weighted by atomic mass is 9.66. The maximum absolute atomic E-state index is 12.7. The summed E-state index contributed by atoms with van der Waals surface area (Å²) >= 11 is 6.58. The Morgan fingerprint density at radius 2 is 1.78 bits per heavy atom. The Bertz CT molecular complexity index is 1240. The number of hydrogen-bond donors (Lipinski definition) is 2. The summed E-state index contributed by atoms with van der Waals surface area (Å²) in [5, 5.41) is 18.8.